The lowest BCUT2D eigenvalue weighted by molar-refractivity contribution is -0.117. The summed E-state index contributed by atoms with van der Waals surface area (Å²) >= 11 is 0. The Kier molecular flexibility index (Phi) is 5.91. The lowest BCUT2D eigenvalue weighted by Crippen LogP contribution is -2.35. The Hall–Kier alpha value is -3.53. The summed E-state index contributed by atoms with van der Waals surface area (Å²) in [5, 5.41) is 6.57. The Labute approximate surface area is 194 Å². The number of ether oxygens (including phenoxy) is 1. The largest absolute Gasteiger partial charge is 0.496 e. The van der Waals surface area contributed by atoms with Crippen LogP contribution >= 0.6 is 0 Å². The molecule has 1 amide bonds. The van der Waals surface area contributed by atoms with Crippen molar-refractivity contribution in [1.82, 2.24) is 5.32 Å². The smallest absolute Gasteiger partial charge is 0.244 e. The highest BCUT2D eigenvalue weighted by Crippen LogP contribution is 2.38. The zero-order valence-corrected chi connectivity index (χ0v) is 19.2. The van der Waals surface area contributed by atoms with Crippen molar-refractivity contribution >= 4 is 33.2 Å². The number of fused-ring (bicyclic) bond motifs is 2. The van der Waals surface area contributed by atoms with E-state index in [1.807, 2.05) is 19.1 Å². The van der Waals surface area contributed by atoms with Crippen LogP contribution in [0.25, 0.3) is 38.4 Å². The Balaban J connectivity index is 1.51. The van der Waals surface area contributed by atoms with Crippen molar-refractivity contribution < 1.29 is 13.9 Å². The molecule has 3 aromatic carbocycles. The van der Waals surface area contributed by atoms with Crippen molar-refractivity contribution in [1.29, 1.82) is 0 Å². The summed E-state index contributed by atoms with van der Waals surface area (Å²) < 4.78 is 11.5. The number of rotatable bonds is 5. The quantitative estimate of drug-likeness (QED) is 0.337. The zero-order valence-electron chi connectivity index (χ0n) is 19.2. The van der Waals surface area contributed by atoms with Crippen LogP contribution in [0.4, 0.5) is 0 Å². The van der Waals surface area contributed by atoms with Crippen LogP contribution in [0.1, 0.15) is 44.6 Å². The van der Waals surface area contributed by atoms with E-state index in [-0.39, 0.29) is 11.9 Å². The standard InChI is InChI=1S/C29H29NO3/c1-19(14-29(31)30-23-10-4-3-5-11-23)24-16-25-26(18-33-28(25)17-27(24)32-2)22-13-12-20-8-6-7-9-21(20)15-22/h6-9,12-18,23H,3-5,10-11H2,1-2H3,(H,30,31)/b19-14+. The highest BCUT2D eigenvalue weighted by atomic mass is 16.5. The molecule has 0 unspecified atom stereocenters. The van der Waals surface area contributed by atoms with Gasteiger partial charge in [0.05, 0.1) is 13.4 Å². The predicted octanol–water partition coefficient (Wildman–Crippen LogP) is 7.11. The average molecular weight is 440 g/mol. The summed E-state index contributed by atoms with van der Waals surface area (Å²) in [4.78, 5) is 12.7. The number of methoxy groups -OCH3 is 1. The van der Waals surface area contributed by atoms with Crippen molar-refractivity contribution in [3.63, 3.8) is 0 Å². The Morgan fingerprint density at radius 2 is 1.82 bits per heavy atom. The molecule has 1 heterocycles. The van der Waals surface area contributed by atoms with Gasteiger partial charge in [0.25, 0.3) is 0 Å². The molecule has 4 heteroatoms. The molecule has 1 fully saturated rings. The number of carbonyl (C=O) groups excluding carboxylic acids is 1. The first-order chi connectivity index (χ1) is 16.1. The van der Waals surface area contributed by atoms with Crippen molar-refractivity contribution in [3.05, 3.63) is 72.5 Å². The van der Waals surface area contributed by atoms with Crippen LogP contribution in [0, 0.1) is 0 Å². The molecule has 5 rings (SSSR count). The maximum absolute atomic E-state index is 12.7. The maximum atomic E-state index is 12.7. The molecule has 1 saturated carbocycles. The Morgan fingerprint density at radius 1 is 1.03 bits per heavy atom. The summed E-state index contributed by atoms with van der Waals surface area (Å²) in [6, 6.07) is 19.0. The summed E-state index contributed by atoms with van der Waals surface area (Å²) in [6.07, 6.45) is 9.27. The molecule has 1 aliphatic carbocycles. The minimum absolute atomic E-state index is 0.0384. The van der Waals surface area contributed by atoms with Crippen molar-refractivity contribution in [2.45, 2.75) is 45.1 Å². The van der Waals surface area contributed by atoms with Gasteiger partial charge in [-0.05, 0) is 53.8 Å². The zero-order chi connectivity index (χ0) is 22.8. The highest BCUT2D eigenvalue weighted by Gasteiger charge is 2.17. The second-order valence-electron chi connectivity index (χ2n) is 8.93. The predicted molar refractivity (Wildman–Crippen MR) is 134 cm³/mol. The van der Waals surface area contributed by atoms with E-state index in [9.17, 15) is 4.79 Å². The van der Waals surface area contributed by atoms with E-state index in [1.165, 1.54) is 30.0 Å². The first-order valence-electron chi connectivity index (χ1n) is 11.7. The molecule has 4 aromatic rings. The van der Waals surface area contributed by atoms with Gasteiger partial charge in [-0.25, -0.2) is 0 Å². The van der Waals surface area contributed by atoms with Crippen LogP contribution in [-0.2, 0) is 4.79 Å². The topological polar surface area (TPSA) is 51.5 Å². The van der Waals surface area contributed by atoms with Crippen molar-refractivity contribution in [2.24, 2.45) is 0 Å². The fourth-order valence-corrected chi connectivity index (χ4v) is 4.88. The van der Waals surface area contributed by atoms with Gasteiger partial charge in [0.15, 0.2) is 0 Å². The molecule has 0 saturated heterocycles. The summed E-state index contributed by atoms with van der Waals surface area (Å²) in [6.45, 7) is 1.96. The van der Waals surface area contributed by atoms with E-state index >= 15 is 0 Å². The van der Waals surface area contributed by atoms with Gasteiger partial charge in [-0.15, -0.1) is 0 Å². The molecule has 1 N–H and O–H groups in total. The number of hydrogen-bond donors (Lipinski definition) is 1. The third-order valence-corrected chi connectivity index (χ3v) is 6.68. The average Bonchev–Trinajstić information content (AvgIpc) is 3.26. The van der Waals surface area contributed by atoms with Gasteiger partial charge in [-0.2, -0.15) is 0 Å². The number of carbonyl (C=O) groups is 1. The number of amides is 1. The number of benzene rings is 3. The summed E-state index contributed by atoms with van der Waals surface area (Å²) in [5.74, 6) is 0.657. The molecule has 168 valence electrons. The lowest BCUT2D eigenvalue weighted by Gasteiger charge is -2.22. The molecule has 0 radical (unpaired) electrons. The van der Waals surface area contributed by atoms with Gasteiger partial charge in [0.1, 0.15) is 11.3 Å². The van der Waals surface area contributed by atoms with E-state index < -0.39 is 0 Å². The van der Waals surface area contributed by atoms with Crippen LogP contribution in [-0.4, -0.2) is 19.1 Å². The van der Waals surface area contributed by atoms with Gasteiger partial charge in [-0.1, -0.05) is 55.7 Å². The fourth-order valence-electron chi connectivity index (χ4n) is 4.88. The number of hydrogen-bond acceptors (Lipinski definition) is 3. The molecule has 4 nitrogen and oxygen atoms in total. The van der Waals surface area contributed by atoms with Gasteiger partial charge >= 0.3 is 0 Å². The first-order valence-corrected chi connectivity index (χ1v) is 11.7. The molecule has 1 aromatic heterocycles. The number of allylic oxidation sites excluding steroid dienone is 1. The molecular weight excluding hydrogens is 410 g/mol. The Bertz CT molecular complexity index is 1340. The molecule has 33 heavy (non-hydrogen) atoms. The SMILES string of the molecule is COc1cc2occ(-c3ccc4ccccc4c3)c2cc1/C(C)=C/C(=O)NC1CCCCC1. The minimum atomic E-state index is -0.0384. The molecule has 0 bridgehead atoms. The van der Waals surface area contributed by atoms with E-state index in [0.29, 0.717) is 5.75 Å². The van der Waals surface area contributed by atoms with Crippen molar-refractivity contribution in [3.8, 4) is 16.9 Å². The van der Waals surface area contributed by atoms with Crippen LogP contribution in [0.15, 0.2) is 71.4 Å². The fraction of sp³-hybridized carbons (Fsp3) is 0.276. The molecular formula is C29H29NO3. The van der Waals surface area contributed by atoms with E-state index in [4.69, 9.17) is 9.15 Å². The molecule has 1 aliphatic rings. The number of furan rings is 1. The van der Waals surface area contributed by atoms with Crippen molar-refractivity contribution in [2.75, 3.05) is 7.11 Å². The first kappa shape index (κ1) is 21.3. The minimum Gasteiger partial charge on any atom is -0.496 e. The van der Waals surface area contributed by atoms with Gasteiger partial charge < -0.3 is 14.5 Å². The Morgan fingerprint density at radius 3 is 2.61 bits per heavy atom. The van der Waals surface area contributed by atoms with E-state index in [2.05, 4.69) is 47.8 Å². The van der Waals surface area contributed by atoms with Crippen LogP contribution in [0.3, 0.4) is 0 Å². The molecule has 0 aliphatic heterocycles. The van der Waals surface area contributed by atoms with Crippen LogP contribution in [0.5, 0.6) is 5.75 Å². The van der Waals surface area contributed by atoms with Gasteiger partial charge in [-0.3, -0.25) is 4.79 Å². The summed E-state index contributed by atoms with van der Waals surface area (Å²) in [5.41, 5.74) is 4.65. The van der Waals surface area contributed by atoms with Crippen LogP contribution < -0.4 is 10.1 Å². The molecule has 0 spiro atoms. The second-order valence-corrected chi connectivity index (χ2v) is 8.93. The monoisotopic (exact) mass is 439 g/mol. The maximum Gasteiger partial charge on any atom is 0.244 e. The highest BCUT2D eigenvalue weighted by molar-refractivity contribution is 6.01. The van der Waals surface area contributed by atoms with E-state index in [1.54, 1.807) is 19.4 Å². The van der Waals surface area contributed by atoms with E-state index in [0.717, 1.165) is 46.1 Å². The van der Waals surface area contributed by atoms with Gasteiger partial charge in [0.2, 0.25) is 5.91 Å². The second kappa shape index (κ2) is 9.14. The van der Waals surface area contributed by atoms with Gasteiger partial charge in [0, 0.05) is 34.7 Å². The third-order valence-electron chi connectivity index (χ3n) is 6.68. The number of nitrogens with one attached hydrogen (secondary N) is 1. The lowest BCUT2D eigenvalue weighted by atomic mass is 9.95. The van der Waals surface area contributed by atoms with Crippen LogP contribution in [0.2, 0.25) is 0 Å². The summed E-state index contributed by atoms with van der Waals surface area (Å²) in [7, 11) is 1.65. The normalized spacial score (nSPS) is 15.2. The third kappa shape index (κ3) is 4.38. The molecule has 0 atom stereocenters.